The van der Waals surface area contributed by atoms with Crippen LogP contribution in [0.1, 0.15) is 29.2 Å². The Balaban J connectivity index is 3.13. The van der Waals surface area contributed by atoms with Crippen LogP contribution in [0.4, 0.5) is 0 Å². The van der Waals surface area contributed by atoms with E-state index in [1.165, 1.54) is 0 Å². The highest BCUT2D eigenvalue weighted by Gasteiger charge is 2.20. The lowest BCUT2D eigenvalue weighted by Gasteiger charge is -2.15. The van der Waals surface area contributed by atoms with Gasteiger partial charge in [0.25, 0.3) is 0 Å². The molecule has 1 rings (SSSR count). The SMILES string of the molecule is O=C(O)C(O)c1cccc(CCl)c1CCCBr. The van der Waals surface area contributed by atoms with Crippen molar-refractivity contribution in [2.45, 2.75) is 24.8 Å². The number of carboxylic acid groups (broad SMARTS) is 1. The number of carboxylic acids is 1. The van der Waals surface area contributed by atoms with E-state index in [0.717, 1.165) is 22.9 Å². The van der Waals surface area contributed by atoms with Crippen LogP contribution in [0.3, 0.4) is 0 Å². The summed E-state index contributed by atoms with van der Waals surface area (Å²) in [5.41, 5.74) is 2.17. The Morgan fingerprint density at radius 1 is 1.47 bits per heavy atom. The molecule has 0 heterocycles. The molecular formula is C12H14BrClO3. The van der Waals surface area contributed by atoms with E-state index in [1.807, 2.05) is 6.07 Å². The summed E-state index contributed by atoms with van der Waals surface area (Å²) in [6.07, 6.45) is 0.0876. The summed E-state index contributed by atoms with van der Waals surface area (Å²) in [6, 6.07) is 5.21. The normalized spacial score (nSPS) is 12.4. The van der Waals surface area contributed by atoms with Crippen molar-refractivity contribution < 1.29 is 15.0 Å². The minimum absolute atomic E-state index is 0.317. The van der Waals surface area contributed by atoms with Crippen molar-refractivity contribution in [2.24, 2.45) is 0 Å². The number of hydrogen-bond acceptors (Lipinski definition) is 2. The topological polar surface area (TPSA) is 57.5 Å². The van der Waals surface area contributed by atoms with Gasteiger partial charge in [-0.1, -0.05) is 34.1 Å². The minimum Gasteiger partial charge on any atom is -0.479 e. The predicted molar refractivity (Wildman–Crippen MR) is 70.7 cm³/mol. The number of carbonyl (C=O) groups is 1. The zero-order chi connectivity index (χ0) is 12.8. The van der Waals surface area contributed by atoms with E-state index in [9.17, 15) is 9.90 Å². The van der Waals surface area contributed by atoms with E-state index in [2.05, 4.69) is 15.9 Å². The molecule has 0 spiro atoms. The Kier molecular flexibility index (Phi) is 5.95. The summed E-state index contributed by atoms with van der Waals surface area (Å²) in [6.45, 7) is 0. The molecule has 94 valence electrons. The lowest BCUT2D eigenvalue weighted by molar-refractivity contribution is -0.147. The summed E-state index contributed by atoms with van der Waals surface area (Å²) in [5, 5.41) is 19.3. The highest BCUT2D eigenvalue weighted by atomic mass is 79.9. The molecule has 0 aliphatic carbocycles. The summed E-state index contributed by atoms with van der Waals surface area (Å²) >= 11 is 9.16. The molecule has 3 nitrogen and oxygen atoms in total. The molecule has 0 saturated heterocycles. The van der Waals surface area contributed by atoms with Crippen molar-refractivity contribution in [1.29, 1.82) is 0 Å². The zero-order valence-corrected chi connectivity index (χ0v) is 11.5. The number of aliphatic hydroxyl groups excluding tert-OH is 1. The Morgan fingerprint density at radius 2 is 2.18 bits per heavy atom. The Morgan fingerprint density at radius 3 is 2.71 bits per heavy atom. The molecule has 5 heteroatoms. The van der Waals surface area contributed by atoms with Crippen molar-refractivity contribution in [3.8, 4) is 0 Å². The summed E-state index contributed by atoms with van der Waals surface area (Å²) in [5.74, 6) is -0.922. The third kappa shape index (κ3) is 3.69. The van der Waals surface area contributed by atoms with Gasteiger partial charge in [-0.25, -0.2) is 4.79 Å². The molecule has 17 heavy (non-hydrogen) atoms. The lowest BCUT2D eigenvalue weighted by atomic mass is 9.94. The summed E-state index contributed by atoms with van der Waals surface area (Å²) in [7, 11) is 0. The maximum Gasteiger partial charge on any atom is 0.337 e. The molecule has 1 unspecified atom stereocenters. The molecule has 0 aliphatic heterocycles. The monoisotopic (exact) mass is 320 g/mol. The van der Waals surface area contributed by atoms with E-state index >= 15 is 0 Å². The third-order valence-corrected chi connectivity index (χ3v) is 3.39. The Hall–Kier alpha value is -0.580. The number of rotatable bonds is 6. The zero-order valence-electron chi connectivity index (χ0n) is 9.20. The molecule has 2 N–H and O–H groups in total. The first-order chi connectivity index (χ1) is 8.11. The van der Waals surface area contributed by atoms with Crippen LogP contribution < -0.4 is 0 Å². The van der Waals surface area contributed by atoms with Crippen LogP contribution in [0, 0.1) is 0 Å². The number of aliphatic carboxylic acids is 1. The van der Waals surface area contributed by atoms with Gasteiger partial charge < -0.3 is 10.2 Å². The van der Waals surface area contributed by atoms with Crippen molar-refractivity contribution >= 4 is 33.5 Å². The van der Waals surface area contributed by atoms with E-state index < -0.39 is 12.1 Å². The lowest BCUT2D eigenvalue weighted by Crippen LogP contribution is -2.14. The van der Waals surface area contributed by atoms with Crippen LogP contribution in [0.2, 0.25) is 0 Å². The molecule has 0 amide bonds. The van der Waals surface area contributed by atoms with Crippen LogP contribution in [0.25, 0.3) is 0 Å². The maximum atomic E-state index is 10.8. The van der Waals surface area contributed by atoms with Crippen molar-refractivity contribution in [2.75, 3.05) is 5.33 Å². The first-order valence-corrected chi connectivity index (χ1v) is 6.90. The van der Waals surface area contributed by atoms with Crippen molar-refractivity contribution in [3.05, 3.63) is 34.9 Å². The van der Waals surface area contributed by atoms with Gasteiger partial charge in [0.2, 0.25) is 0 Å². The second-order valence-electron chi connectivity index (χ2n) is 3.65. The van der Waals surface area contributed by atoms with E-state index in [1.54, 1.807) is 12.1 Å². The largest absolute Gasteiger partial charge is 0.479 e. The van der Waals surface area contributed by atoms with Crippen LogP contribution >= 0.6 is 27.5 Å². The predicted octanol–water partition coefficient (Wildman–Crippen LogP) is 2.87. The molecule has 0 fully saturated rings. The van der Waals surface area contributed by atoms with Crippen LogP contribution in [0.15, 0.2) is 18.2 Å². The van der Waals surface area contributed by atoms with Gasteiger partial charge in [0, 0.05) is 11.2 Å². The second-order valence-corrected chi connectivity index (χ2v) is 4.71. The fourth-order valence-electron chi connectivity index (χ4n) is 1.72. The molecule has 1 atom stereocenters. The maximum absolute atomic E-state index is 10.8. The van der Waals surface area contributed by atoms with E-state index in [0.29, 0.717) is 17.9 Å². The van der Waals surface area contributed by atoms with Gasteiger partial charge >= 0.3 is 5.97 Å². The fourth-order valence-corrected chi connectivity index (χ4v) is 2.25. The molecule has 1 aromatic carbocycles. The number of benzene rings is 1. The standard InChI is InChI=1S/C12H14BrClO3/c13-6-2-5-9-8(7-14)3-1-4-10(9)11(15)12(16)17/h1,3-4,11,15H,2,5-7H2,(H,16,17). The van der Waals surface area contributed by atoms with Crippen LogP contribution in [-0.2, 0) is 17.1 Å². The fraction of sp³-hybridized carbons (Fsp3) is 0.417. The van der Waals surface area contributed by atoms with Gasteiger partial charge in [-0.05, 0) is 29.5 Å². The quantitative estimate of drug-likeness (QED) is 0.792. The van der Waals surface area contributed by atoms with Gasteiger partial charge in [0.05, 0.1) is 0 Å². The average molecular weight is 322 g/mol. The molecular weight excluding hydrogens is 307 g/mol. The minimum atomic E-state index is -1.48. The van der Waals surface area contributed by atoms with Gasteiger partial charge in [0.15, 0.2) is 6.10 Å². The second kappa shape index (κ2) is 6.99. The molecule has 1 aromatic rings. The van der Waals surface area contributed by atoms with Crippen LogP contribution in [-0.4, -0.2) is 21.5 Å². The molecule has 0 radical (unpaired) electrons. The third-order valence-electron chi connectivity index (χ3n) is 2.54. The molecule has 0 bridgehead atoms. The molecule has 0 aliphatic rings. The first kappa shape index (κ1) is 14.5. The van der Waals surface area contributed by atoms with Crippen LogP contribution in [0.5, 0.6) is 0 Å². The highest BCUT2D eigenvalue weighted by Crippen LogP contribution is 2.24. The molecule has 0 saturated carbocycles. The van der Waals surface area contributed by atoms with Gasteiger partial charge in [-0.15, -0.1) is 11.6 Å². The number of hydrogen-bond donors (Lipinski definition) is 2. The van der Waals surface area contributed by atoms with Gasteiger partial charge in [-0.3, -0.25) is 0 Å². The van der Waals surface area contributed by atoms with E-state index in [-0.39, 0.29) is 0 Å². The average Bonchev–Trinajstić information content (AvgIpc) is 2.34. The summed E-state index contributed by atoms with van der Waals surface area (Å²) in [4.78, 5) is 10.8. The number of aliphatic hydroxyl groups is 1. The van der Waals surface area contributed by atoms with Crippen molar-refractivity contribution in [1.82, 2.24) is 0 Å². The number of halogens is 2. The number of alkyl halides is 2. The van der Waals surface area contributed by atoms with E-state index in [4.69, 9.17) is 16.7 Å². The van der Waals surface area contributed by atoms with Gasteiger partial charge in [0.1, 0.15) is 0 Å². The smallest absolute Gasteiger partial charge is 0.337 e. The Labute approximate surface area is 114 Å². The highest BCUT2D eigenvalue weighted by molar-refractivity contribution is 9.09. The first-order valence-electron chi connectivity index (χ1n) is 5.25. The van der Waals surface area contributed by atoms with Gasteiger partial charge in [-0.2, -0.15) is 0 Å². The molecule has 0 aromatic heterocycles. The van der Waals surface area contributed by atoms with Crippen molar-refractivity contribution in [3.63, 3.8) is 0 Å². The Bertz CT molecular complexity index is 395. The summed E-state index contributed by atoms with van der Waals surface area (Å²) < 4.78 is 0.